The molecule has 3 aliphatic heterocycles. The van der Waals surface area contributed by atoms with Crippen molar-refractivity contribution in [2.45, 2.75) is 37.5 Å². The van der Waals surface area contributed by atoms with Crippen molar-refractivity contribution >= 4 is 43.9 Å². The van der Waals surface area contributed by atoms with E-state index in [9.17, 15) is 9.32 Å². The summed E-state index contributed by atoms with van der Waals surface area (Å²) in [6.45, 7) is 2.10. The molecule has 208 valence electrons. The summed E-state index contributed by atoms with van der Waals surface area (Å²) in [7, 11) is -2.20. The van der Waals surface area contributed by atoms with Gasteiger partial charge in [-0.15, -0.1) is 0 Å². The quantitative estimate of drug-likeness (QED) is 0.362. The van der Waals surface area contributed by atoms with Gasteiger partial charge < -0.3 is 24.2 Å². The normalized spacial score (nSPS) is 23.9. The Morgan fingerprint density at radius 2 is 1.82 bits per heavy atom. The van der Waals surface area contributed by atoms with Gasteiger partial charge in [-0.1, -0.05) is 29.8 Å². The molecule has 40 heavy (non-hydrogen) atoms. The molecule has 12 heteroatoms. The lowest BCUT2D eigenvalue weighted by Gasteiger charge is -2.18. The Morgan fingerprint density at radius 3 is 2.62 bits per heavy atom. The number of H-pyrrole nitrogens is 1. The number of fused-ring (bicyclic) bond motifs is 3. The summed E-state index contributed by atoms with van der Waals surface area (Å²) in [5, 5.41) is 10.4. The van der Waals surface area contributed by atoms with Crippen LogP contribution in [0.5, 0.6) is 6.01 Å². The molecule has 2 aromatic heterocycles. The van der Waals surface area contributed by atoms with E-state index in [0.717, 1.165) is 30.0 Å². The van der Waals surface area contributed by atoms with Gasteiger partial charge in [0.25, 0.3) is 6.01 Å². The van der Waals surface area contributed by atoms with Crippen LogP contribution in [0.3, 0.4) is 0 Å². The number of aromatic amines is 1. The maximum absolute atomic E-state index is 12.1. The van der Waals surface area contributed by atoms with E-state index in [1.54, 1.807) is 18.6 Å². The van der Waals surface area contributed by atoms with Crippen LogP contribution in [0, 0.1) is 0 Å². The first-order valence-electron chi connectivity index (χ1n) is 13.0. The highest BCUT2D eigenvalue weighted by atomic mass is 35.5. The number of nitrogens with zero attached hydrogens (tertiary/aromatic N) is 4. The largest absolute Gasteiger partial charge is 0.456 e. The summed E-state index contributed by atoms with van der Waals surface area (Å²) in [5.41, 5.74) is 6.93. The van der Waals surface area contributed by atoms with Crippen LogP contribution in [-0.2, 0) is 32.3 Å². The molecule has 0 aliphatic carbocycles. The first kappa shape index (κ1) is 25.7. The number of hydrogen-bond acceptors (Lipinski definition) is 9. The van der Waals surface area contributed by atoms with Crippen LogP contribution in [0.1, 0.15) is 11.1 Å². The second kappa shape index (κ2) is 9.71. The lowest BCUT2D eigenvalue weighted by Crippen LogP contribution is -2.34. The third-order valence-corrected chi connectivity index (χ3v) is 8.33. The molecule has 2 N–H and O–H groups in total. The van der Waals surface area contributed by atoms with E-state index in [1.165, 1.54) is 11.1 Å². The molecule has 0 radical (unpaired) electrons. The summed E-state index contributed by atoms with van der Waals surface area (Å²) < 4.78 is 33.7. The predicted octanol–water partition coefficient (Wildman–Crippen LogP) is 4.06. The van der Waals surface area contributed by atoms with Crippen LogP contribution in [-0.4, -0.2) is 74.4 Å². The van der Waals surface area contributed by atoms with Gasteiger partial charge in [0, 0.05) is 46.6 Å². The Kier molecular flexibility index (Phi) is 6.24. The molecule has 5 heterocycles. The number of pyridine rings is 1. The smallest absolute Gasteiger partial charge is 0.296 e. The number of nitrogens with one attached hydrogen (secondary N) is 1. The third-order valence-electron chi connectivity index (χ3n) is 7.39. The molecule has 0 saturated carbocycles. The van der Waals surface area contributed by atoms with E-state index in [2.05, 4.69) is 37.4 Å². The second-order valence-electron chi connectivity index (χ2n) is 10.7. The minimum Gasteiger partial charge on any atom is -0.456 e. The molecule has 10 nitrogen and oxygen atoms in total. The van der Waals surface area contributed by atoms with Gasteiger partial charge in [0.1, 0.15) is 23.8 Å². The highest BCUT2D eigenvalue weighted by Crippen LogP contribution is 2.35. The Morgan fingerprint density at radius 1 is 1.05 bits per heavy atom. The molecule has 7 rings (SSSR count). The van der Waals surface area contributed by atoms with Crippen molar-refractivity contribution in [1.82, 2.24) is 15.0 Å². The zero-order valence-electron chi connectivity index (χ0n) is 21.9. The van der Waals surface area contributed by atoms with E-state index < -0.39 is 15.8 Å². The van der Waals surface area contributed by atoms with Crippen LogP contribution in [0.2, 0.25) is 5.02 Å². The molecule has 2 saturated heterocycles. The zero-order chi connectivity index (χ0) is 27.6. The van der Waals surface area contributed by atoms with Gasteiger partial charge in [-0.05, 0) is 41.5 Å². The Labute approximate surface area is 236 Å². The van der Waals surface area contributed by atoms with Crippen LogP contribution < -0.4 is 9.64 Å². The second-order valence-corrected chi connectivity index (χ2v) is 13.6. The lowest BCUT2D eigenvalue weighted by molar-refractivity contribution is 0.00706. The summed E-state index contributed by atoms with van der Waals surface area (Å²) in [6, 6.07) is 16.2. The molecule has 0 bridgehead atoms. The Hall–Kier alpha value is -3.22. The fourth-order valence-electron chi connectivity index (χ4n) is 5.55. The Bertz CT molecular complexity index is 1730. The summed E-state index contributed by atoms with van der Waals surface area (Å²) >= 11 is 6.63. The van der Waals surface area contributed by atoms with Crippen LogP contribution >= 0.6 is 11.6 Å². The van der Waals surface area contributed by atoms with E-state index in [0.29, 0.717) is 34.5 Å². The number of anilines is 1. The standard InChI is InChI=1S/C28H28ClN5O5S/c1-40(2,36)33-18-6-3-16-11-34(12-17(16)9-18)19-7-4-15(5-8-19)24-20(29)10-21-27(31-24)32-28(30-21)39-23-14-38-25-22(35)13-37-26(23)25/h3-10,22-23,25-26,35H,11-14H2,1-2H3,(H,30,31,32)/t22-,23-,25-,26-/m1/s1. The van der Waals surface area contributed by atoms with Crippen molar-refractivity contribution in [3.05, 3.63) is 64.7 Å². The summed E-state index contributed by atoms with van der Waals surface area (Å²) in [5.74, 6) is 0. The van der Waals surface area contributed by atoms with E-state index >= 15 is 0 Å². The lowest BCUT2D eigenvalue weighted by atomic mass is 10.1. The average Bonchev–Trinajstić information content (AvgIpc) is 3.68. The number of rotatable bonds is 5. The first-order chi connectivity index (χ1) is 19.2. The average molecular weight is 582 g/mol. The van der Waals surface area contributed by atoms with Gasteiger partial charge in [0.05, 0.1) is 29.6 Å². The van der Waals surface area contributed by atoms with Gasteiger partial charge in [0.2, 0.25) is 0 Å². The Balaban J connectivity index is 1.08. The van der Waals surface area contributed by atoms with Gasteiger partial charge in [0.15, 0.2) is 11.8 Å². The molecule has 2 fully saturated rings. The fraction of sp³-hybridized carbons (Fsp3) is 0.357. The van der Waals surface area contributed by atoms with Gasteiger partial charge >= 0.3 is 0 Å². The van der Waals surface area contributed by atoms with E-state index in [4.69, 9.17) is 30.8 Å². The topological polar surface area (TPSA) is 122 Å². The van der Waals surface area contributed by atoms with Gasteiger partial charge in [-0.2, -0.15) is 9.35 Å². The van der Waals surface area contributed by atoms with Crippen molar-refractivity contribution < 1.29 is 23.5 Å². The highest BCUT2D eigenvalue weighted by molar-refractivity contribution is 7.92. The van der Waals surface area contributed by atoms with Crippen molar-refractivity contribution in [1.29, 1.82) is 0 Å². The SMILES string of the molecule is CS(C)(=O)=Nc1ccc2c(c1)CN(c1ccc(-c3nc4[nH]c(O[C@@H]5CO[C@H]6[C@@H]5OC[C@H]6O)nc4cc3Cl)cc1)C2. The molecule has 0 unspecified atom stereocenters. The third kappa shape index (κ3) is 4.82. The molecule has 0 spiro atoms. The number of imidazole rings is 1. The summed E-state index contributed by atoms with van der Waals surface area (Å²) in [4.78, 5) is 14.6. The number of aromatic nitrogens is 3. The first-order valence-corrected chi connectivity index (χ1v) is 15.7. The molecular weight excluding hydrogens is 554 g/mol. The number of benzene rings is 2. The van der Waals surface area contributed by atoms with E-state index in [-0.39, 0.29) is 24.9 Å². The molecule has 4 atom stereocenters. The van der Waals surface area contributed by atoms with Crippen LogP contribution in [0.4, 0.5) is 11.4 Å². The minimum absolute atomic E-state index is 0.234. The molecule has 2 aromatic carbocycles. The van der Waals surface area contributed by atoms with Crippen molar-refractivity contribution in [3.63, 3.8) is 0 Å². The van der Waals surface area contributed by atoms with Crippen LogP contribution in [0.25, 0.3) is 22.4 Å². The maximum Gasteiger partial charge on any atom is 0.296 e. The van der Waals surface area contributed by atoms with Crippen molar-refractivity contribution in [2.75, 3.05) is 30.6 Å². The maximum atomic E-state index is 12.1. The monoisotopic (exact) mass is 581 g/mol. The molecule has 3 aliphatic rings. The zero-order valence-corrected chi connectivity index (χ0v) is 23.5. The van der Waals surface area contributed by atoms with E-state index in [1.807, 2.05) is 24.3 Å². The number of hydrogen-bond donors (Lipinski definition) is 2. The predicted molar refractivity (Wildman–Crippen MR) is 153 cm³/mol. The van der Waals surface area contributed by atoms with Gasteiger partial charge in [-0.3, -0.25) is 4.98 Å². The number of aliphatic hydroxyl groups is 1. The highest BCUT2D eigenvalue weighted by Gasteiger charge is 2.48. The fourth-order valence-corrected chi connectivity index (χ4v) is 6.42. The minimum atomic E-state index is -2.20. The number of halogens is 1. The molecule has 4 aromatic rings. The number of aliphatic hydroxyl groups excluding tert-OH is 1. The molecular formula is C28H28ClN5O5S. The van der Waals surface area contributed by atoms with Crippen molar-refractivity contribution in [2.24, 2.45) is 4.36 Å². The molecule has 0 amide bonds. The van der Waals surface area contributed by atoms with Crippen LogP contribution in [0.15, 0.2) is 52.9 Å². The number of ether oxygens (including phenoxy) is 3. The summed E-state index contributed by atoms with van der Waals surface area (Å²) in [6.07, 6.45) is 1.56. The van der Waals surface area contributed by atoms with Gasteiger partial charge in [-0.25, -0.2) is 9.19 Å². The van der Waals surface area contributed by atoms with Crippen molar-refractivity contribution in [3.8, 4) is 17.3 Å².